The van der Waals surface area contributed by atoms with Crippen LogP contribution in [0, 0.1) is 0 Å². The molecule has 2 aromatic carbocycles. The first-order chi connectivity index (χ1) is 12.0. The van der Waals surface area contributed by atoms with Gasteiger partial charge in [0.2, 0.25) is 0 Å². The number of carbonyl (C=O) groups excluding carboxylic acids is 1. The quantitative estimate of drug-likeness (QED) is 0.552. The maximum absolute atomic E-state index is 11.6. The highest BCUT2D eigenvalue weighted by atomic mass is 16.5. The number of imidazole rings is 1. The third-order valence-electron chi connectivity index (χ3n) is 3.72. The van der Waals surface area contributed by atoms with E-state index in [0.29, 0.717) is 12.0 Å². The third-order valence-corrected chi connectivity index (χ3v) is 3.72. The van der Waals surface area contributed by atoms with Crippen LogP contribution >= 0.6 is 0 Å². The van der Waals surface area contributed by atoms with Gasteiger partial charge in [-0.2, -0.15) is 0 Å². The van der Waals surface area contributed by atoms with Gasteiger partial charge in [-0.25, -0.2) is 14.6 Å². The number of ether oxygens (including phenoxy) is 1. The van der Waals surface area contributed by atoms with Crippen molar-refractivity contribution >= 4 is 29.0 Å². The zero-order valence-corrected chi connectivity index (χ0v) is 13.5. The minimum absolute atomic E-state index is 0.386. The number of hydrogen-bond donors (Lipinski definition) is 2. The lowest BCUT2D eigenvalue weighted by atomic mass is 10.1. The van der Waals surface area contributed by atoms with Gasteiger partial charge >= 0.3 is 11.9 Å². The van der Waals surface area contributed by atoms with E-state index in [2.05, 4.69) is 9.97 Å². The summed E-state index contributed by atoms with van der Waals surface area (Å²) in [6.45, 7) is 0. The molecular weight excluding hydrogens is 320 g/mol. The van der Waals surface area contributed by atoms with Gasteiger partial charge in [-0.3, -0.25) is 0 Å². The number of fused-ring (bicyclic) bond motifs is 1. The SMILES string of the molecule is COC(=O)c1ccc2nc(Cc3ccc(C=CC(=O)O)cc3)[nH]c2c1. The van der Waals surface area contributed by atoms with Crippen LogP contribution in [-0.2, 0) is 16.0 Å². The van der Waals surface area contributed by atoms with Crippen LogP contribution in [-0.4, -0.2) is 34.1 Å². The number of hydrogen-bond acceptors (Lipinski definition) is 4. The molecule has 126 valence electrons. The minimum atomic E-state index is -0.974. The molecule has 0 saturated carbocycles. The summed E-state index contributed by atoms with van der Waals surface area (Å²) in [5, 5.41) is 8.63. The van der Waals surface area contributed by atoms with Crippen LogP contribution in [0.15, 0.2) is 48.5 Å². The van der Waals surface area contributed by atoms with Crippen LogP contribution in [0.1, 0.15) is 27.3 Å². The van der Waals surface area contributed by atoms with E-state index in [1.54, 1.807) is 24.3 Å². The molecule has 3 aromatic rings. The highest BCUT2D eigenvalue weighted by Crippen LogP contribution is 2.17. The molecule has 1 heterocycles. The molecule has 25 heavy (non-hydrogen) atoms. The summed E-state index contributed by atoms with van der Waals surface area (Å²) in [6.07, 6.45) is 3.25. The van der Waals surface area contributed by atoms with Crippen molar-refractivity contribution in [1.29, 1.82) is 0 Å². The maximum atomic E-state index is 11.6. The smallest absolute Gasteiger partial charge is 0.337 e. The van der Waals surface area contributed by atoms with Crippen molar-refractivity contribution in [2.45, 2.75) is 6.42 Å². The number of aromatic nitrogens is 2. The van der Waals surface area contributed by atoms with E-state index >= 15 is 0 Å². The first-order valence-corrected chi connectivity index (χ1v) is 7.62. The number of H-pyrrole nitrogens is 1. The van der Waals surface area contributed by atoms with E-state index in [9.17, 15) is 9.59 Å². The van der Waals surface area contributed by atoms with Crippen LogP contribution in [0.5, 0.6) is 0 Å². The fourth-order valence-corrected chi connectivity index (χ4v) is 2.50. The topological polar surface area (TPSA) is 92.3 Å². The molecule has 0 aliphatic heterocycles. The van der Waals surface area contributed by atoms with Gasteiger partial charge in [-0.15, -0.1) is 0 Å². The molecule has 0 fully saturated rings. The Kier molecular flexibility index (Phi) is 4.61. The number of nitrogens with zero attached hydrogens (tertiary/aromatic N) is 1. The summed E-state index contributed by atoms with van der Waals surface area (Å²) in [7, 11) is 1.35. The van der Waals surface area contributed by atoms with Crippen molar-refractivity contribution in [3.05, 3.63) is 71.1 Å². The summed E-state index contributed by atoms with van der Waals surface area (Å²) in [6, 6.07) is 12.7. The molecule has 1 aromatic heterocycles. The monoisotopic (exact) mass is 336 g/mol. The Morgan fingerprint density at radius 1 is 1.20 bits per heavy atom. The number of carboxylic acid groups (broad SMARTS) is 1. The number of rotatable bonds is 5. The number of benzene rings is 2. The lowest BCUT2D eigenvalue weighted by Gasteiger charge is -1.99. The van der Waals surface area contributed by atoms with Gasteiger partial charge in [0.15, 0.2) is 0 Å². The first kappa shape index (κ1) is 16.4. The molecule has 0 amide bonds. The van der Waals surface area contributed by atoms with Crippen molar-refractivity contribution in [3.8, 4) is 0 Å². The maximum Gasteiger partial charge on any atom is 0.337 e. The van der Waals surface area contributed by atoms with Gasteiger partial charge in [0.1, 0.15) is 5.82 Å². The predicted octanol–water partition coefficient (Wildman–Crippen LogP) is 3.04. The molecule has 6 heteroatoms. The van der Waals surface area contributed by atoms with Crippen molar-refractivity contribution in [2.75, 3.05) is 7.11 Å². The molecule has 0 saturated heterocycles. The normalized spacial score (nSPS) is 11.1. The van der Waals surface area contributed by atoms with Crippen LogP contribution in [0.25, 0.3) is 17.1 Å². The number of esters is 1. The Morgan fingerprint density at radius 3 is 2.64 bits per heavy atom. The summed E-state index contributed by atoms with van der Waals surface area (Å²) in [5.74, 6) is -0.577. The first-order valence-electron chi connectivity index (χ1n) is 7.62. The second-order valence-electron chi connectivity index (χ2n) is 5.50. The fraction of sp³-hybridized carbons (Fsp3) is 0.105. The van der Waals surface area contributed by atoms with Gasteiger partial charge in [-0.1, -0.05) is 24.3 Å². The molecule has 0 atom stereocenters. The van der Waals surface area contributed by atoms with Gasteiger partial charge in [0.25, 0.3) is 0 Å². The third kappa shape index (κ3) is 3.92. The van der Waals surface area contributed by atoms with E-state index in [4.69, 9.17) is 9.84 Å². The summed E-state index contributed by atoms with van der Waals surface area (Å²) in [4.78, 5) is 29.8. The molecule has 0 aliphatic carbocycles. The van der Waals surface area contributed by atoms with Crippen molar-refractivity contribution in [3.63, 3.8) is 0 Å². The van der Waals surface area contributed by atoms with Crippen molar-refractivity contribution in [1.82, 2.24) is 9.97 Å². The largest absolute Gasteiger partial charge is 0.478 e. The number of nitrogens with one attached hydrogen (secondary N) is 1. The Labute approximate surface area is 143 Å². The van der Waals surface area contributed by atoms with Crippen molar-refractivity contribution in [2.24, 2.45) is 0 Å². The average Bonchev–Trinajstić information content (AvgIpc) is 3.01. The summed E-state index contributed by atoms with van der Waals surface area (Å²) >= 11 is 0. The van der Waals surface area contributed by atoms with Crippen molar-refractivity contribution < 1.29 is 19.4 Å². The van der Waals surface area contributed by atoms with Crippen LogP contribution in [0.3, 0.4) is 0 Å². The van der Waals surface area contributed by atoms with E-state index < -0.39 is 5.97 Å². The van der Waals surface area contributed by atoms with Gasteiger partial charge in [0, 0.05) is 12.5 Å². The molecule has 0 bridgehead atoms. The van der Waals surface area contributed by atoms with Crippen LogP contribution in [0.4, 0.5) is 0 Å². The summed E-state index contributed by atoms with van der Waals surface area (Å²) < 4.78 is 4.72. The molecule has 6 nitrogen and oxygen atoms in total. The zero-order chi connectivity index (χ0) is 17.8. The van der Waals surface area contributed by atoms with Crippen LogP contribution < -0.4 is 0 Å². The lowest BCUT2D eigenvalue weighted by molar-refractivity contribution is -0.131. The summed E-state index contributed by atoms with van der Waals surface area (Å²) in [5.41, 5.74) is 3.89. The molecule has 0 radical (unpaired) electrons. The molecular formula is C19H16N2O4. The van der Waals surface area contributed by atoms with E-state index in [0.717, 1.165) is 34.1 Å². The van der Waals surface area contributed by atoms with E-state index in [-0.39, 0.29) is 5.97 Å². The fourth-order valence-electron chi connectivity index (χ4n) is 2.50. The standard InChI is InChI=1S/C19H16N2O4/c1-25-19(24)14-7-8-15-16(11-14)21-17(20-15)10-13-4-2-12(3-5-13)6-9-18(22)23/h2-9,11H,10H2,1H3,(H,20,21)(H,22,23). The minimum Gasteiger partial charge on any atom is -0.478 e. The van der Waals surface area contributed by atoms with Gasteiger partial charge in [-0.05, 0) is 35.4 Å². The number of aromatic amines is 1. The van der Waals surface area contributed by atoms with E-state index in [1.165, 1.54) is 7.11 Å². The molecule has 0 spiro atoms. The van der Waals surface area contributed by atoms with Gasteiger partial charge < -0.3 is 14.8 Å². The Bertz CT molecular complexity index is 955. The van der Waals surface area contributed by atoms with E-state index in [1.807, 2.05) is 24.3 Å². The lowest BCUT2D eigenvalue weighted by Crippen LogP contribution is -2.00. The predicted molar refractivity (Wildman–Crippen MR) is 93.4 cm³/mol. The number of carboxylic acids is 1. The number of methoxy groups -OCH3 is 1. The average molecular weight is 336 g/mol. The number of aliphatic carboxylic acids is 1. The second-order valence-corrected chi connectivity index (χ2v) is 5.50. The van der Waals surface area contributed by atoms with Gasteiger partial charge in [0.05, 0.1) is 23.7 Å². The molecule has 0 unspecified atom stereocenters. The Balaban J connectivity index is 1.78. The molecule has 0 aliphatic rings. The highest BCUT2D eigenvalue weighted by molar-refractivity contribution is 5.93. The Morgan fingerprint density at radius 2 is 1.96 bits per heavy atom. The highest BCUT2D eigenvalue weighted by Gasteiger charge is 2.09. The Hall–Kier alpha value is -3.41. The molecule has 3 rings (SSSR count). The second kappa shape index (κ2) is 7.00. The molecule has 2 N–H and O–H groups in total. The van der Waals surface area contributed by atoms with Crippen LogP contribution in [0.2, 0.25) is 0 Å². The number of carbonyl (C=O) groups is 2. The zero-order valence-electron chi connectivity index (χ0n) is 13.5.